The van der Waals surface area contributed by atoms with Gasteiger partial charge < -0.3 is 26.3 Å². The van der Waals surface area contributed by atoms with Crippen LogP contribution in [0.1, 0.15) is 31.4 Å². The van der Waals surface area contributed by atoms with E-state index < -0.39 is 59.6 Å². The highest BCUT2D eigenvalue weighted by Gasteiger charge is 2.57. The quantitative estimate of drug-likeness (QED) is 0.155. The lowest BCUT2D eigenvalue weighted by atomic mass is 9.91. The number of amides is 4. The number of hydrogen-bond acceptors (Lipinski definition) is 9. The molecule has 0 aliphatic carbocycles. The largest absolute Gasteiger partial charge is 0.481 e. The molecule has 1 fully saturated rings. The fourth-order valence-electron chi connectivity index (χ4n) is 5.07. The second-order valence-electron chi connectivity index (χ2n) is 10.8. The number of hydrogen-bond donors (Lipinski definition) is 3. The van der Waals surface area contributed by atoms with Crippen LogP contribution in [0.5, 0.6) is 0 Å². The van der Waals surface area contributed by atoms with Crippen LogP contribution in [-0.4, -0.2) is 68.3 Å². The monoisotopic (exact) mass is 615 g/mol. The molecule has 234 valence electrons. The lowest BCUT2D eigenvalue weighted by Gasteiger charge is -2.31. The lowest BCUT2D eigenvalue weighted by molar-refractivity contribution is -0.185. The van der Waals surface area contributed by atoms with Crippen molar-refractivity contribution in [2.24, 2.45) is 5.73 Å². The number of urea groups is 1. The minimum absolute atomic E-state index is 0.0141. The number of imide groups is 1. The molecule has 4 amide bonds. The highest BCUT2D eigenvalue weighted by atomic mass is 16.7. The number of nitrogen functional groups attached to an aromatic ring is 1. The molecule has 0 aromatic heterocycles. The number of hydroxylamine groups is 2. The summed E-state index contributed by atoms with van der Waals surface area (Å²) in [5.74, 6) is -5.61. The molecule has 1 aliphatic heterocycles. The number of carbonyl (C=O) groups excluding carboxylic acids is 5. The zero-order chi connectivity index (χ0) is 32.9. The van der Waals surface area contributed by atoms with E-state index in [1.807, 2.05) is 0 Å². The SMILES string of the molecule is CC(=O)[C@@H](C(=O)ON1C(=O)N(Cc2ccccc2)[C@](C)(Cc2ccc(N)cc2)C1=O)N(C(=O)[C@@H](N)CC(=O)O)c1ccccc1. The number of ketones is 1. The third-order valence-electron chi connectivity index (χ3n) is 7.39. The molecule has 5 N–H and O–H groups in total. The highest BCUT2D eigenvalue weighted by molar-refractivity contribution is 6.15. The van der Waals surface area contributed by atoms with Gasteiger partial charge >= 0.3 is 18.0 Å². The second kappa shape index (κ2) is 13.4. The number of Topliss-reactive ketones (excluding diaryl/α,β-unsaturated/α-hetero) is 1. The van der Waals surface area contributed by atoms with Crippen molar-refractivity contribution in [3.05, 3.63) is 96.1 Å². The predicted octanol–water partition coefficient (Wildman–Crippen LogP) is 2.29. The van der Waals surface area contributed by atoms with Crippen molar-refractivity contribution in [3.63, 3.8) is 0 Å². The summed E-state index contributed by atoms with van der Waals surface area (Å²) < 4.78 is 0. The van der Waals surface area contributed by atoms with Gasteiger partial charge in [0.1, 0.15) is 5.54 Å². The van der Waals surface area contributed by atoms with Crippen LogP contribution in [0.15, 0.2) is 84.9 Å². The Labute approximate surface area is 258 Å². The van der Waals surface area contributed by atoms with Crippen molar-refractivity contribution in [2.75, 3.05) is 10.6 Å². The maximum absolute atomic E-state index is 14.0. The highest BCUT2D eigenvalue weighted by Crippen LogP contribution is 2.34. The van der Waals surface area contributed by atoms with Crippen LogP contribution < -0.4 is 16.4 Å². The number of carboxylic acids is 1. The first-order valence-corrected chi connectivity index (χ1v) is 14.0. The molecule has 1 heterocycles. The molecule has 0 bridgehead atoms. The number of carboxylic acid groups (broad SMARTS) is 1. The van der Waals surface area contributed by atoms with Gasteiger partial charge in [-0.15, -0.1) is 0 Å². The zero-order valence-corrected chi connectivity index (χ0v) is 24.7. The van der Waals surface area contributed by atoms with Gasteiger partial charge in [-0.3, -0.25) is 24.1 Å². The third-order valence-corrected chi connectivity index (χ3v) is 7.39. The predicted molar refractivity (Wildman–Crippen MR) is 162 cm³/mol. The summed E-state index contributed by atoms with van der Waals surface area (Å²) in [5, 5.41) is 9.48. The van der Waals surface area contributed by atoms with Gasteiger partial charge in [0.2, 0.25) is 5.91 Å². The number of carbonyl (C=O) groups is 6. The van der Waals surface area contributed by atoms with E-state index >= 15 is 0 Å². The Bertz CT molecular complexity index is 1600. The minimum Gasteiger partial charge on any atom is -0.481 e. The van der Waals surface area contributed by atoms with Crippen LogP contribution in [0, 0.1) is 0 Å². The van der Waals surface area contributed by atoms with E-state index in [9.17, 15) is 33.9 Å². The minimum atomic E-state index is -2.01. The Balaban J connectivity index is 1.70. The van der Waals surface area contributed by atoms with Gasteiger partial charge in [0.15, 0.2) is 11.8 Å². The lowest BCUT2D eigenvalue weighted by Crippen LogP contribution is -2.56. The fourth-order valence-corrected chi connectivity index (χ4v) is 5.07. The topological polar surface area (TPSA) is 194 Å². The van der Waals surface area contributed by atoms with Crippen LogP contribution in [0.2, 0.25) is 0 Å². The number of anilines is 2. The van der Waals surface area contributed by atoms with Crippen LogP contribution in [0.3, 0.4) is 0 Å². The van der Waals surface area contributed by atoms with E-state index in [1.54, 1.807) is 60.7 Å². The molecule has 13 nitrogen and oxygen atoms in total. The number of nitrogens with two attached hydrogens (primary N) is 2. The zero-order valence-electron chi connectivity index (χ0n) is 24.7. The van der Waals surface area contributed by atoms with Gasteiger partial charge in [-0.2, -0.15) is 0 Å². The van der Waals surface area contributed by atoms with Crippen molar-refractivity contribution in [1.29, 1.82) is 0 Å². The van der Waals surface area contributed by atoms with E-state index in [0.717, 1.165) is 11.8 Å². The number of aliphatic carboxylic acids is 1. The van der Waals surface area contributed by atoms with E-state index in [-0.39, 0.29) is 18.7 Å². The molecule has 4 rings (SSSR count). The Hall–Kier alpha value is -5.56. The molecule has 0 saturated carbocycles. The van der Waals surface area contributed by atoms with E-state index in [1.165, 1.54) is 36.1 Å². The molecule has 0 radical (unpaired) electrons. The molecule has 3 aromatic rings. The second-order valence-corrected chi connectivity index (χ2v) is 10.8. The smallest absolute Gasteiger partial charge is 0.363 e. The molecule has 1 saturated heterocycles. The van der Waals surface area contributed by atoms with Crippen molar-refractivity contribution in [1.82, 2.24) is 9.96 Å². The fraction of sp³-hybridized carbons (Fsp3) is 0.250. The summed E-state index contributed by atoms with van der Waals surface area (Å²) in [4.78, 5) is 86.4. The standard InChI is InChI=1S/C32H33N5O8/c1-20(38)27(36(24-11-7-4-8-12-24)28(41)25(34)17-26(39)40)29(42)45-37-30(43)32(2,18-21-13-15-23(33)16-14-21)35(31(37)44)19-22-9-5-3-6-10-22/h3-16,25,27H,17-19,33-34H2,1-2H3,(H,39,40)/t25-,27-,32+/m0/s1. The summed E-state index contributed by atoms with van der Waals surface area (Å²) in [6, 6.07) is 18.5. The van der Waals surface area contributed by atoms with Gasteiger partial charge in [-0.1, -0.05) is 65.7 Å². The maximum Gasteiger partial charge on any atom is 0.363 e. The Morgan fingerprint density at radius 2 is 1.49 bits per heavy atom. The molecule has 13 heteroatoms. The molecule has 0 unspecified atom stereocenters. The molecule has 3 atom stereocenters. The summed E-state index contributed by atoms with van der Waals surface area (Å²) in [6.07, 6.45) is -0.754. The first-order chi connectivity index (χ1) is 21.3. The molecule has 45 heavy (non-hydrogen) atoms. The summed E-state index contributed by atoms with van der Waals surface area (Å²) in [7, 11) is 0. The normalized spacial score (nSPS) is 17.5. The third kappa shape index (κ3) is 6.99. The van der Waals surface area contributed by atoms with Gasteiger partial charge in [-0.05, 0) is 49.2 Å². The van der Waals surface area contributed by atoms with E-state index in [2.05, 4.69) is 0 Å². The van der Waals surface area contributed by atoms with Crippen molar-refractivity contribution in [3.8, 4) is 0 Å². The Kier molecular flexibility index (Phi) is 9.63. The number of nitrogens with zero attached hydrogens (tertiary/aromatic N) is 3. The average molecular weight is 616 g/mol. The van der Waals surface area contributed by atoms with Crippen LogP contribution >= 0.6 is 0 Å². The molecule has 3 aromatic carbocycles. The molecule has 0 spiro atoms. The van der Waals surface area contributed by atoms with E-state index in [0.29, 0.717) is 21.9 Å². The number of para-hydroxylation sites is 1. The van der Waals surface area contributed by atoms with Gasteiger partial charge in [0.25, 0.3) is 5.91 Å². The first kappa shape index (κ1) is 32.4. The van der Waals surface area contributed by atoms with Crippen LogP contribution in [-0.2, 0) is 41.8 Å². The van der Waals surface area contributed by atoms with Gasteiger partial charge in [-0.25, -0.2) is 9.59 Å². The molecular weight excluding hydrogens is 582 g/mol. The Morgan fingerprint density at radius 1 is 0.911 bits per heavy atom. The summed E-state index contributed by atoms with van der Waals surface area (Å²) in [6.45, 7) is 2.53. The van der Waals surface area contributed by atoms with Gasteiger partial charge in [0, 0.05) is 24.3 Å². The van der Waals surface area contributed by atoms with Crippen molar-refractivity contribution in [2.45, 2.75) is 50.9 Å². The van der Waals surface area contributed by atoms with E-state index in [4.69, 9.17) is 16.3 Å². The Morgan fingerprint density at radius 3 is 2.04 bits per heavy atom. The average Bonchev–Trinajstić information content (AvgIpc) is 3.17. The van der Waals surface area contributed by atoms with Crippen LogP contribution in [0.4, 0.5) is 16.2 Å². The number of rotatable bonds is 12. The van der Waals surface area contributed by atoms with Crippen molar-refractivity contribution >= 4 is 46.9 Å². The van der Waals surface area contributed by atoms with Crippen LogP contribution in [0.25, 0.3) is 0 Å². The van der Waals surface area contributed by atoms with Crippen molar-refractivity contribution < 1.29 is 38.7 Å². The molecule has 1 aliphatic rings. The van der Waals surface area contributed by atoms with Gasteiger partial charge in [0.05, 0.1) is 12.5 Å². The first-order valence-electron chi connectivity index (χ1n) is 14.0. The summed E-state index contributed by atoms with van der Waals surface area (Å²) >= 11 is 0. The number of benzene rings is 3. The molecular formula is C32H33N5O8. The summed E-state index contributed by atoms with van der Waals surface area (Å²) in [5.41, 5.74) is 12.0. The maximum atomic E-state index is 14.0.